The molecule has 1 aromatic carbocycles. The van der Waals surface area contributed by atoms with Gasteiger partial charge in [0.25, 0.3) is 0 Å². The Morgan fingerprint density at radius 1 is 1.42 bits per heavy atom. The summed E-state index contributed by atoms with van der Waals surface area (Å²) in [6.45, 7) is -2.82. The summed E-state index contributed by atoms with van der Waals surface area (Å²) in [7, 11) is -3.75. The number of hydrogen-bond acceptors (Lipinski definition) is 4. The lowest BCUT2D eigenvalue weighted by Crippen LogP contribution is -2.29. The lowest BCUT2D eigenvalue weighted by atomic mass is 10.3. The standard InChI is InChI=1S/C9H11ClF2N2O3S.ClH/c10-7-5-6(18(15,16)14-4-3-13)1-2-8(7)17-9(11)12;/h1-2,5,9,14H,3-4,13H2;1H. The van der Waals surface area contributed by atoms with Crippen molar-refractivity contribution in [3.05, 3.63) is 23.2 Å². The van der Waals surface area contributed by atoms with Crippen LogP contribution in [0.3, 0.4) is 0 Å². The summed E-state index contributed by atoms with van der Waals surface area (Å²) in [6.07, 6.45) is 0. The number of rotatable bonds is 6. The predicted octanol–water partition coefficient (Wildman–Crippen LogP) is 1.60. The van der Waals surface area contributed by atoms with Gasteiger partial charge >= 0.3 is 6.61 Å². The summed E-state index contributed by atoms with van der Waals surface area (Å²) in [5, 5.41) is -0.217. The summed E-state index contributed by atoms with van der Waals surface area (Å²) in [5.74, 6) is -0.288. The molecule has 0 radical (unpaired) electrons. The van der Waals surface area contributed by atoms with Crippen molar-refractivity contribution in [2.45, 2.75) is 11.5 Å². The molecule has 1 rings (SSSR count). The third kappa shape index (κ3) is 5.45. The maximum Gasteiger partial charge on any atom is 0.387 e. The number of nitrogens with one attached hydrogen (secondary N) is 1. The molecule has 19 heavy (non-hydrogen) atoms. The second-order valence-electron chi connectivity index (χ2n) is 3.16. The number of halogens is 4. The Kier molecular flexibility index (Phi) is 7.53. The molecule has 3 N–H and O–H groups in total. The summed E-state index contributed by atoms with van der Waals surface area (Å²) in [6, 6.07) is 3.20. The summed E-state index contributed by atoms with van der Waals surface area (Å²) >= 11 is 5.64. The second-order valence-corrected chi connectivity index (χ2v) is 5.33. The van der Waals surface area contributed by atoms with Gasteiger partial charge in [-0.25, -0.2) is 13.1 Å². The molecule has 0 aliphatic carbocycles. The van der Waals surface area contributed by atoms with E-state index in [4.69, 9.17) is 17.3 Å². The monoisotopic (exact) mass is 336 g/mol. The van der Waals surface area contributed by atoms with Gasteiger partial charge in [-0.1, -0.05) is 11.6 Å². The third-order valence-corrected chi connectivity index (χ3v) is 3.62. The number of benzene rings is 1. The molecule has 0 atom stereocenters. The van der Waals surface area contributed by atoms with Crippen LogP contribution in [-0.4, -0.2) is 28.1 Å². The van der Waals surface area contributed by atoms with Crippen LogP contribution in [0.2, 0.25) is 5.02 Å². The van der Waals surface area contributed by atoms with Gasteiger partial charge in [0.2, 0.25) is 10.0 Å². The second kappa shape index (κ2) is 7.81. The van der Waals surface area contributed by atoms with Crippen molar-refractivity contribution in [1.29, 1.82) is 0 Å². The number of alkyl halides is 2. The minimum atomic E-state index is -3.75. The molecular formula is C9H12Cl2F2N2O3S. The molecule has 0 aromatic heterocycles. The Morgan fingerprint density at radius 2 is 2.05 bits per heavy atom. The van der Waals surface area contributed by atoms with Crippen molar-refractivity contribution in [1.82, 2.24) is 4.72 Å². The minimum absolute atomic E-state index is 0. The van der Waals surface area contributed by atoms with Crippen LogP contribution < -0.4 is 15.2 Å². The first-order chi connectivity index (χ1) is 8.36. The van der Waals surface area contributed by atoms with Gasteiger partial charge in [-0.3, -0.25) is 0 Å². The zero-order chi connectivity index (χ0) is 13.8. The fourth-order valence-electron chi connectivity index (χ4n) is 1.12. The Labute approximate surface area is 120 Å². The Hall–Kier alpha value is -0.670. The van der Waals surface area contributed by atoms with E-state index in [-0.39, 0.29) is 41.2 Å². The molecule has 5 nitrogen and oxygen atoms in total. The largest absolute Gasteiger partial charge is 0.433 e. The van der Waals surface area contributed by atoms with Gasteiger partial charge < -0.3 is 10.5 Å². The molecule has 0 aliphatic rings. The molecular weight excluding hydrogens is 325 g/mol. The topological polar surface area (TPSA) is 81.4 Å². The summed E-state index contributed by atoms with van der Waals surface area (Å²) in [4.78, 5) is -0.150. The quantitative estimate of drug-likeness (QED) is 0.826. The Balaban J connectivity index is 0.00000324. The number of sulfonamides is 1. The van der Waals surface area contributed by atoms with Gasteiger partial charge in [0.1, 0.15) is 5.75 Å². The molecule has 0 unspecified atom stereocenters. The average molecular weight is 337 g/mol. The van der Waals surface area contributed by atoms with E-state index in [0.29, 0.717) is 0 Å². The van der Waals surface area contributed by atoms with Crippen LogP contribution in [-0.2, 0) is 10.0 Å². The molecule has 0 saturated carbocycles. The van der Waals surface area contributed by atoms with Crippen molar-refractivity contribution >= 4 is 34.0 Å². The number of ether oxygens (including phenoxy) is 1. The van der Waals surface area contributed by atoms with E-state index < -0.39 is 16.6 Å². The van der Waals surface area contributed by atoms with Crippen molar-refractivity contribution in [2.24, 2.45) is 5.73 Å². The molecule has 0 bridgehead atoms. The fourth-order valence-corrected chi connectivity index (χ4v) is 2.48. The molecule has 0 fully saturated rings. The normalized spacial score (nSPS) is 11.2. The first-order valence-corrected chi connectivity index (χ1v) is 6.67. The van der Waals surface area contributed by atoms with Crippen molar-refractivity contribution < 1.29 is 21.9 Å². The highest BCUT2D eigenvalue weighted by molar-refractivity contribution is 7.89. The van der Waals surface area contributed by atoms with Crippen LogP contribution >= 0.6 is 24.0 Å². The maximum absolute atomic E-state index is 12.0. The van der Waals surface area contributed by atoms with E-state index in [1.807, 2.05) is 0 Å². The first kappa shape index (κ1) is 18.3. The molecule has 0 amide bonds. The highest BCUT2D eigenvalue weighted by atomic mass is 35.5. The fraction of sp³-hybridized carbons (Fsp3) is 0.333. The predicted molar refractivity (Wildman–Crippen MR) is 69.6 cm³/mol. The lowest BCUT2D eigenvalue weighted by molar-refractivity contribution is -0.0498. The average Bonchev–Trinajstić information content (AvgIpc) is 2.28. The van der Waals surface area contributed by atoms with Crippen LogP contribution in [0.4, 0.5) is 8.78 Å². The van der Waals surface area contributed by atoms with Crippen LogP contribution in [0.5, 0.6) is 5.75 Å². The van der Waals surface area contributed by atoms with Crippen molar-refractivity contribution in [2.75, 3.05) is 13.1 Å². The molecule has 0 saturated heterocycles. The molecule has 0 aliphatic heterocycles. The Bertz CT molecular complexity index is 514. The molecule has 10 heteroatoms. The Morgan fingerprint density at radius 3 is 2.53 bits per heavy atom. The SMILES string of the molecule is Cl.NCCNS(=O)(=O)c1ccc(OC(F)F)c(Cl)c1. The van der Waals surface area contributed by atoms with Crippen LogP contribution in [0.1, 0.15) is 0 Å². The van der Waals surface area contributed by atoms with Gasteiger partial charge in [-0.15, -0.1) is 12.4 Å². The smallest absolute Gasteiger partial charge is 0.387 e. The van der Waals surface area contributed by atoms with Gasteiger partial charge in [0.05, 0.1) is 9.92 Å². The highest BCUT2D eigenvalue weighted by Gasteiger charge is 2.16. The lowest BCUT2D eigenvalue weighted by Gasteiger charge is -2.09. The third-order valence-electron chi connectivity index (χ3n) is 1.87. The van der Waals surface area contributed by atoms with E-state index in [1.165, 1.54) is 0 Å². The molecule has 1 aromatic rings. The van der Waals surface area contributed by atoms with E-state index in [2.05, 4.69) is 9.46 Å². The van der Waals surface area contributed by atoms with Gasteiger partial charge in [-0.05, 0) is 18.2 Å². The van der Waals surface area contributed by atoms with Gasteiger partial charge in [0, 0.05) is 13.1 Å². The van der Waals surface area contributed by atoms with Gasteiger partial charge in [0.15, 0.2) is 0 Å². The highest BCUT2D eigenvalue weighted by Crippen LogP contribution is 2.28. The van der Waals surface area contributed by atoms with E-state index >= 15 is 0 Å². The molecule has 110 valence electrons. The minimum Gasteiger partial charge on any atom is -0.433 e. The zero-order valence-electron chi connectivity index (χ0n) is 9.48. The molecule has 0 heterocycles. The van der Waals surface area contributed by atoms with Crippen LogP contribution in [0, 0.1) is 0 Å². The van der Waals surface area contributed by atoms with Crippen LogP contribution in [0.25, 0.3) is 0 Å². The maximum atomic E-state index is 12.0. The van der Waals surface area contributed by atoms with Gasteiger partial charge in [-0.2, -0.15) is 8.78 Å². The molecule has 0 spiro atoms. The summed E-state index contributed by atoms with van der Waals surface area (Å²) in [5.41, 5.74) is 5.17. The van der Waals surface area contributed by atoms with E-state index in [9.17, 15) is 17.2 Å². The van der Waals surface area contributed by atoms with E-state index in [0.717, 1.165) is 18.2 Å². The van der Waals surface area contributed by atoms with Crippen molar-refractivity contribution in [3.8, 4) is 5.75 Å². The number of nitrogens with two attached hydrogens (primary N) is 1. The first-order valence-electron chi connectivity index (χ1n) is 4.81. The van der Waals surface area contributed by atoms with Crippen molar-refractivity contribution in [3.63, 3.8) is 0 Å². The van der Waals surface area contributed by atoms with E-state index in [1.54, 1.807) is 0 Å². The van der Waals surface area contributed by atoms with Crippen LogP contribution in [0.15, 0.2) is 23.1 Å². The summed E-state index contributed by atoms with van der Waals surface area (Å²) < 4.78 is 53.6. The number of hydrogen-bond donors (Lipinski definition) is 2. The zero-order valence-corrected chi connectivity index (χ0v) is 11.9.